The number of aromatic nitrogens is 2. The van der Waals surface area contributed by atoms with Crippen LogP contribution in [0, 0.1) is 6.92 Å². The molecule has 4 rings (SSSR count). The molecule has 1 N–H and O–H groups in total. The van der Waals surface area contributed by atoms with Crippen LogP contribution in [0.5, 0.6) is 0 Å². The molecule has 2 heterocycles. The fraction of sp³-hybridized carbons (Fsp3) is 0.556. The fourth-order valence-electron chi connectivity index (χ4n) is 3.21. The van der Waals surface area contributed by atoms with Crippen LogP contribution in [0.1, 0.15) is 41.8 Å². The SMILES string of the molecule is Cc1cccc(C(CNc2nnc(C3CC3)o2)N2CCOCC2)c1. The van der Waals surface area contributed by atoms with Gasteiger partial charge in [0.1, 0.15) is 0 Å². The van der Waals surface area contributed by atoms with Gasteiger partial charge < -0.3 is 14.5 Å². The quantitative estimate of drug-likeness (QED) is 0.880. The average Bonchev–Trinajstić information content (AvgIpc) is 3.35. The van der Waals surface area contributed by atoms with Gasteiger partial charge in [-0.15, -0.1) is 5.10 Å². The summed E-state index contributed by atoms with van der Waals surface area (Å²) in [7, 11) is 0. The summed E-state index contributed by atoms with van der Waals surface area (Å²) in [6.07, 6.45) is 2.34. The zero-order chi connectivity index (χ0) is 16.4. The number of morpholine rings is 1. The second-order valence-electron chi connectivity index (χ2n) is 6.68. The molecule has 1 saturated carbocycles. The van der Waals surface area contributed by atoms with E-state index in [9.17, 15) is 0 Å². The minimum absolute atomic E-state index is 0.269. The summed E-state index contributed by atoms with van der Waals surface area (Å²) in [5.41, 5.74) is 2.59. The Labute approximate surface area is 142 Å². The first-order valence-electron chi connectivity index (χ1n) is 8.75. The lowest BCUT2D eigenvalue weighted by atomic mass is 10.0. The molecular weight excluding hydrogens is 304 g/mol. The van der Waals surface area contributed by atoms with E-state index in [2.05, 4.69) is 51.6 Å². The van der Waals surface area contributed by atoms with Crippen molar-refractivity contribution in [3.8, 4) is 0 Å². The van der Waals surface area contributed by atoms with Gasteiger partial charge in [-0.1, -0.05) is 34.9 Å². The number of nitrogens with zero attached hydrogens (tertiary/aromatic N) is 3. The molecule has 1 atom stereocenters. The van der Waals surface area contributed by atoms with E-state index in [1.807, 2.05) is 0 Å². The highest BCUT2D eigenvalue weighted by Gasteiger charge is 2.29. The molecule has 2 aliphatic rings. The maximum Gasteiger partial charge on any atom is 0.315 e. The van der Waals surface area contributed by atoms with Gasteiger partial charge in [0.15, 0.2) is 0 Å². The van der Waals surface area contributed by atoms with Gasteiger partial charge in [-0.05, 0) is 25.3 Å². The van der Waals surface area contributed by atoms with Gasteiger partial charge >= 0.3 is 6.01 Å². The Balaban J connectivity index is 1.48. The van der Waals surface area contributed by atoms with Crippen LogP contribution in [0.3, 0.4) is 0 Å². The molecule has 1 aliphatic heterocycles. The number of benzene rings is 1. The third-order valence-electron chi connectivity index (χ3n) is 4.73. The van der Waals surface area contributed by atoms with Crippen LogP contribution in [0.2, 0.25) is 0 Å². The topological polar surface area (TPSA) is 63.4 Å². The molecule has 0 radical (unpaired) electrons. The Kier molecular flexibility index (Phi) is 4.49. The fourth-order valence-corrected chi connectivity index (χ4v) is 3.21. The lowest BCUT2D eigenvalue weighted by Gasteiger charge is -2.34. The van der Waals surface area contributed by atoms with E-state index in [4.69, 9.17) is 9.15 Å². The summed E-state index contributed by atoms with van der Waals surface area (Å²) in [5, 5.41) is 11.6. The minimum atomic E-state index is 0.269. The molecule has 1 aromatic heterocycles. The molecule has 1 unspecified atom stereocenters. The van der Waals surface area contributed by atoms with E-state index >= 15 is 0 Å². The number of nitrogens with one attached hydrogen (secondary N) is 1. The number of anilines is 1. The molecule has 2 aromatic rings. The van der Waals surface area contributed by atoms with Crippen molar-refractivity contribution in [2.24, 2.45) is 0 Å². The normalized spacial score (nSPS) is 20.0. The summed E-state index contributed by atoms with van der Waals surface area (Å²) >= 11 is 0. The van der Waals surface area contributed by atoms with E-state index < -0.39 is 0 Å². The van der Waals surface area contributed by atoms with Gasteiger partial charge in [-0.2, -0.15) is 0 Å². The number of rotatable bonds is 6. The Bertz CT molecular complexity index is 677. The molecule has 24 heavy (non-hydrogen) atoms. The summed E-state index contributed by atoms with van der Waals surface area (Å²) in [6, 6.07) is 9.50. The van der Waals surface area contributed by atoms with Gasteiger partial charge in [0.25, 0.3) is 0 Å². The lowest BCUT2D eigenvalue weighted by molar-refractivity contribution is 0.0186. The van der Waals surface area contributed by atoms with E-state index in [0.717, 1.165) is 38.7 Å². The molecule has 1 saturated heterocycles. The summed E-state index contributed by atoms with van der Waals surface area (Å²) < 4.78 is 11.2. The van der Waals surface area contributed by atoms with Gasteiger partial charge in [-0.25, -0.2) is 0 Å². The highest BCUT2D eigenvalue weighted by atomic mass is 16.5. The third-order valence-corrected chi connectivity index (χ3v) is 4.73. The second kappa shape index (κ2) is 6.91. The monoisotopic (exact) mass is 328 g/mol. The van der Waals surface area contributed by atoms with Crippen molar-refractivity contribution in [3.63, 3.8) is 0 Å². The molecule has 0 bridgehead atoms. The standard InChI is InChI=1S/C18H24N4O2/c1-13-3-2-4-15(11-13)16(22-7-9-23-10-8-22)12-19-18-21-20-17(24-18)14-5-6-14/h2-4,11,14,16H,5-10,12H2,1H3,(H,19,21). The zero-order valence-corrected chi connectivity index (χ0v) is 14.1. The molecule has 128 valence electrons. The van der Waals surface area contributed by atoms with Gasteiger partial charge in [0, 0.05) is 25.6 Å². The first-order valence-corrected chi connectivity index (χ1v) is 8.75. The zero-order valence-electron chi connectivity index (χ0n) is 14.1. The van der Waals surface area contributed by atoms with Crippen LogP contribution < -0.4 is 5.32 Å². The van der Waals surface area contributed by atoms with Crippen LogP contribution in [0.4, 0.5) is 6.01 Å². The molecule has 1 aromatic carbocycles. The first-order chi connectivity index (χ1) is 11.8. The average molecular weight is 328 g/mol. The third kappa shape index (κ3) is 3.60. The van der Waals surface area contributed by atoms with Crippen molar-refractivity contribution in [1.82, 2.24) is 15.1 Å². The largest absolute Gasteiger partial charge is 0.408 e. The molecule has 2 fully saturated rings. The number of hydrogen-bond donors (Lipinski definition) is 1. The van der Waals surface area contributed by atoms with Crippen LogP contribution in [0.25, 0.3) is 0 Å². The van der Waals surface area contributed by atoms with Crippen molar-refractivity contribution in [3.05, 3.63) is 41.3 Å². The highest BCUT2D eigenvalue weighted by molar-refractivity contribution is 5.28. The molecule has 1 aliphatic carbocycles. The van der Waals surface area contributed by atoms with Crippen molar-refractivity contribution in [2.45, 2.75) is 31.7 Å². The van der Waals surface area contributed by atoms with E-state index in [0.29, 0.717) is 11.9 Å². The van der Waals surface area contributed by atoms with Gasteiger partial charge in [0.2, 0.25) is 5.89 Å². The molecule has 6 nitrogen and oxygen atoms in total. The Hall–Kier alpha value is -1.92. The highest BCUT2D eigenvalue weighted by Crippen LogP contribution is 2.39. The van der Waals surface area contributed by atoms with Gasteiger partial charge in [-0.3, -0.25) is 4.90 Å². The Morgan fingerprint density at radius 1 is 1.25 bits per heavy atom. The van der Waals surface area contributed by atoms with E-state index in [1.165, 1.54) is 24.0 Å². The summed E-state index contributed by atoms with van der Waals surface area (Å²) in [5.74, 6) is 1.26. The van der Waals surface area contributed by atoms with Gasteiger partial charge in [0.05, 0.1) is 19.3 Å². The van der Waals surface area contributed by atoms with Crippen molar-refractivity contribution in [2.75, 3.05) is 38.2 Å². The molecule has 6 heteroatoms. The van der Waals surface area contributed by atoms with Crippen LogP contribution >= 0.6 is 0 Å². The maximum absolute atomic E-state index is 5.73. The Morgan fingerprint density at radius 2 is 2.08 bits per heavy atom. The maximum atomic E-state index is 5.73. The lowest BCUT2D eigenvalue weighted by Crippen LogP contribution is -2.41. The summed E-state index contributed by atoms with van der Waals surface area (Å²) in [4.78, 5) is 2.46. The predicted molar refractivity (Wildman–Crippen MR) is 91.1 cm³/mol. The van der Waals surface area contributed by atoms with E-state index in [1.54, 1.807) is 0 Å². The van der Waals surface area contributed by atoms with E-state index in [-0.39, 0.29) is 6.04 Å². The van der Waals surface area contributed by atoms with Crippen LogP contribution in [-0.2, 0) is 4.74 Å². The predicted octanol–water partition coefficient (Wildman–Crippen LogP) is 2.74. The number of ether oxygens (including phenoxy) is 1. The number of hydrogen-bond acceptors (Lipinski definition) is 6. The number of aryl methyl sites for hydroxylation is 1. The minimum Gasteiger partial charge on any atom is -0.408 e. The second-order valence-corrected chi connectivity index (χ2v) is 6.68. The van der Waals surface area contributed by atoms with Crippen molar-refractivity contribution < 1.29 is 9.15 Å². The van der Waals surface area contributed by atoms with Crippen molar-refractivity contribution >= 4 is 6.01 Å². The molecule has 0 amide bonds. The summed E-state index contributed by atoms with van der Waals surface area (Å²) in [6.45, 7) is 6.33. The van der Waals surface area contributed by atoms with Crippen LogP contribution in [-0.4, -0.2) is 47.9 Å². The molecule has 0 spiro atoms. The Morgan fingerprint density at radius 3 is 2.83 bits per heavy atom. The van der Waals surface area contributed by atoms with Crippen LogP contribution in [0.15, 0.2) is 28.7 Å². The molecular formula is C18H24N4O2. The smallest absolute Gasteiger partial charge is 0.315 e. The first kappa shape index (κ1) is 15.6. The van der Waals surface area contributed by atoms with Crippen molar-refractivity contribution in [1.29, 1.82) is 0 Å².